The maximum absolute atomic E-state index is 9.35. The number of hydrogen-bond donors (Lipinski definition) is 3. The Bertz CT molecular complexity index is 536. The minimum atomic E-state index is -0.796. The molecule has 0 aliphatic rings. The molecule has 6 heteroatoms. The average Bonchev–Trinajstić information content (AvgIpc) is 2.43. The predicted octanol–water partition coefficient (Wildman–Crippen LogP) is 1.43. The van der Waals surface area contributed by atoms with Gasteiger partial charge in [-0.25, -0.2) is 0 Å². The van der Waals surface area contributed by atoms with E-state index in [1.807, 2.05) is 24.3 Å². The number of nitrogens with one attached hydrogen (secondary N) is 1. The van der Waals surface area contributed by atoms with Gasteiger partial charge in [-0.3, -0.25) is 4.98 Å². The monoisotopic (exact) mass is 284 g/mol. The fraction of sp³-hybridized carbons (Fsp3) is 0.308. The van der Waals surface area contributed by atoms with Crippen molar-refractivity contribution >= 4 is 29.0 Å². The maximum Gasteiger partial charge on any atom is 0.121 e. The van der Waals surface area contributed by atoms with Gasteiger partial charge in [-0.1, -0.05) is 6.07 Å². The molecule has 0 aliphatic heterocycles. The van der Waals surface area contributed by atoms with Gasteiger partial charge in [0.1, 0.15) is 5.75 Å². The number of pyridine rings is 1. The molecule has 3 N–H and O–H groups in total. The highest BCUT2D eigenvalue weighted by atomic mass is 35.5. The number of ether oxygens (including phenoxy) is 1. The van der Waals surface area contributed by atoms with Crippen molar-refractivity contribution in [3.63, 3.8) is 0 Å². The number of hydrogen-bond acceptors (Lipinski definition) is 5. The summed E-state index contributed by atoms with van der Waals surface area (Å²) in [6.07, 6.45) is 0.914. The molecule has 0 saturated carbocycles. The highest BCUT2D eigenvalue weighted by Gasteiger charge is 2.07. The molecule has 104 valence electrons. The van der Waals surface area contributed by atoms with Crippen LogP contribution in [0.3, 0.4) is 0 Å². The lowest BCUT2D eigenvalue weighted by molar-refractivity contribution is 0.105. The predicted molar refractivity (Wildman–Crippen MR) is 77.1 cm³/mol. The summed E-state index contributed by atoms with van der Waals surface area (Å²) < 4.78 is 5.22. The Labute approximate surface area is 117 Å². The van der Waals surface area contributed by atoms with Crippen LogP contribution in [0.1, 0.15) is 0 Å². The SMILES string of the molecule is COc1cc(NCC(O)CO)c2ncccc2c1.Cl. The molecule has 0 radical (unpaired) electrons. The molecule has 5 nitrogen and oxygen atoms in total. The first-order valence-electron chi connectivity index (χ1n) is 5.70. The van der Waals surface area contributed by atoms with Crippen molar-refractivity contribution < 1.29 is 14.9 Å². The van der Waals surface area contributed by atoms with Crippen molar-refractivity contribution in [2.24, 2.45) is 0 Å². The van der Waals surface area contributed by atoms with E-state index >= 15 is 0 Å². The molecule has 2 aromatic rings. The molecule has 0 aliphatic carbocycles. The number of aliphatic hydroxyl groups is 2. The molecule has 2 rings (SSSR count). The summed E-state index contributed by atoms with van der Waals surface area (Å²) in [5.74, 6) is 0.719. The Morgan fingerprint density at radius 2 is 2.21 bits per heavy atom. The summed E-state index contributed by atoms with van der Waals surface area (Å²) in [6.45, 7) is -0.0162. The molecule has 0 spiro atoms. The number of halogens is 1. The number of benzene rings is 1. The smallest absolute Gasteiger partial charge is 0.121 e. The van der Waals surface area contributed by atoms with E-state index in [0.29, 0.717) is 0 Å². The zero-order valence-corrected chi connectivity index (χ0v) is 11.4. The largest absolute Gasteiger partial charge is 0.497 e. The van der Waals surface area contributed by atoms with Crippen LogP contribution in [0, 0.1) is 0 Å². The zero-order chi connectivity index (χ0) is 13.0. The molecular formula is C13H17ClN2O3. The second-order valence-corrected chi connectivity index (χ2v) is 3.97. The second-order valence-electron chi connectivity index (χ2n) is 3.97. The average molecular weight is 285 g/mol. The van der Waals surface area contributed by atoms with Crippen LogP contribution < -0.4 is 10.1 Å². The number of rotatable bonds is 5. The zero-order valence-electron chi connectivity index (χ0n) is 10.5. The van der Waals surface area contributed by atoms with E-state index in [9.17, 15) is 5.11 Å². The fourth-order valence-corrected chi connectivity index (χ4v) is 1.71. The highest BCUT2D eigenvalue weighted by Crippen LogP contribution is 2.27. The van der Waals surface area contributed by atoms with E-state index in [1.54, 1.807) is 13.3 Å². The van der Waals surface area contributed by atoms with Crippen LogP contribution in [0.2, 0.25) is 0 Å². The molecule has 1 heterocycles. The minimum absolute atomic E-state index is 0. The van der Waals surface area contributed by atoms with Crippen LogP contribution >= 0.6 is 12.4 Å². The van der Waals surface area contributed by atoms with Crippen LogP contribution in [0.25, 0.3) is 10.9 Å². The first-order valence-corrected chi connectivity index (χ1v) is 5.70. The number of methoxy groups -OCH3 is 1. The molecule has 0 saturated heterocycles. The standard InChI is InChI=1S/C13H16N2O3.ClH/c1-18-11-5-9-3-2-4-14-13(9)12(6-11)15-7-10(17)8-16;/h2-6,10,15-17H,7-8H2,1H3;1H. The second kappa shape index (κ2) is 7.13. The molecular weight excluding hydrogens is 268 g/mol. The normalized spacial score (nSPS) is 11.7. The summed E-state index contributed by atoms with van der Waals surface area (Å²) in [7, 11) is 1.60. The third kappa shape index (κ3) is 3.70. The van der Waals surface area contributed by atoms with Crippen molar-refractivity contribution in [1.82, 2.24) is 4.98 Å². The van der Waals surface area contributed by atoms with Crippen LogP contribution in [-0.4, -0.2) is 41.6 Å². The van der Waals surface area contributed by atoms with Crippen LogP contribution in [-0.2, 0) is 0 Å². The van der Waals surface area contributed by atoms with Crippen LogP contribution in [0.4, 0.5) is 5.69 Å². The highest BCUT2D eigenvalue weighted by molar-refractivity contribution is 5.91. The summed E-state index contributed by atoms with van der Waals surface area (Å²) >= 11 is 0. The Balaban J connectivity index is 0.00000180. The van der Waals surface area contributed by atoms with Crippen molar-refractivity contribution in [1.29, 1.82) is 0 Å². The van der Waals surface area contributed by atoms with Gasteiger partial charge >= 0.3 is 0 Å². The Morgan fingerprint density at radius 1 is 1.42 bits per heavy atom. The summed E-state index contributed by atoms with van der Waals surface area (Å²) in [4.78, 5) is 4.30. The fourth-order valence-electron chi connectivity index (χ4n) is 1.71. The molecule has 0 amide bonds. The van der Waals surface area contributed by atoms with Gasteiger partial charge < -0.3 is 20.3 Å². The van der Waals surface area contributed by atoms with E-state index in [-0.39, 0.29) is 25.6 Å². The summed E-state index contributed by atoms with van der Waals surface area (Å²) in [5, 5.41) is 22.2. The number of fused-ring (bicyclic) bond motifs is 1. The molecule has 1 atom stereocenters. The van der Waals surface area contributed by atoms with E-state index in [0.717, 1.165) is 22.3 Å². The first-order chi connectivity index (χ1) is 8.74. The molecule has 1 aromatic carbocycles. The van der Waals surface area contributed by atoms with Crippen LogP contribution in [0.15, 0.2) is 30.5 Å². The van der Waals surface area contributed by atoms with Gasteiger partial charge in [-0.2, -0.15) is 0 Å². The van der Waals surface area contributed by atoms with Crippen molar-refractivity contribution in [2.75, 3.05) is 25.6 Å². The van der Waals surface area contributed by atoms with Gasteiger partial charge in [0, 0.05) is 24.2 Å². The lowest BCUT2D eigenvalue weighted by Crippen LogP contribution is -2.23. The third-order valence-corrected chi connectivity index (χ3v) is 2.65. The summed E-state index contributed by atoms with van der Waals surface area (Å²) in [6, 6.07) is 7.52. The molecule has 1 unspecified atom stereocenters. The molecule has 0 fully saturated rings. The van der Waals surface area contributed by atoms with Gasteiger partial charge in [0.15, 0.2) is 0 Å². The van der Waals surface area contributed by atoms with Crippen LogP contribution in [0.5, 0.6) is 5.75 Å². The number of nitrogens with zero attached hydrogens (tertiary/aromatic N) is 1. The number of aliphatic hydroxyl groups excluding tert-OH is 2. The van der Waals surface area contributed by atoms with E-state index < -0.39 is 6.10 Å². The van der Waals surface area contributed by atoms with Crippen molar-refractivity contribution in [2.45, 2.75) is 6.10 Å². The lowest BCUT2D eigenvalue weighted by atomic mass is 10.1. The topological polar surface area (TPSA) is 74.6 Å². The van der Waals surface area contributed by atoms with Gasteiger partial charge in [0.25, 0.3) is 0 Å². The Kier molecular flexibility index (Phi) is 5.82. The van der Waals surface area contributed by atoms with Gasteiger partial charge in [-0.15, -0.1) is 12.4 Å². The molecule has 0 bridgehead atoms. The quantitative estimate of drug-likeness (QED) is 0.774. The van der Waals surface area contributed by atoms with Crippen molar-refractivity contribution in [3.05, 3.63) is 30.5 Å². The van der Waals surface area contributed by atoms with E-state index in [2.05, 4.69) is 10.3 Å². The van der Waals surface area contributed by atoms with Gasteiger partial charge in [0.05, 0.1) is 31.0 Å². The summed E-state index contributed by atoms with van der Waals surface area (Å²) in [5.41, 5.74) is 1.58. The Hall–Kier alpha value is -1.56. The molecule has 19 heavy (non-hydrogen) atoms. The molecule has 1 aromatic heterocycles. The Morgan fingerprint density at radius 3 is 2.89 bits per heavy atom. The van der Waals surface area contributed by atoms with E-state index in [4.69, 9.17) is 9.84 Å². The lowest BCUT2D eigenvalue weighted by Gasteiger charge is -2.13. The van der Waals surface area contributed by atoms with Gasteiger partial charge in [0.2, 0.25) is 0 Å². The number of aromatic nitrogens is 1. The van der Waals surface area contributed by atoms with E-state index in [1.165, 1.54) is 0 Å². The third-order valence-electron chi connectivity index (χ3n) is 2.65. The first kappa shape index (κ1) is 15.5. The minimum Gasteiger partial charge on any atom is -0.497 e. The van der Waals surface area contributed by atoms with Gasteiger partial charge in [-0.05, 0) is 12.1 Å². The number of anilines is 1. The van der Waals surface area contributed by atoms with Crippen molar-refractivity contribution in [3.8, 4) is 5.75 Å². The maximum atomic E-state index is 9.35.